The van der Waals surface area contributed by atoms with Crippen LogP contribution in [0.3, 0.4) is 0 Å². The van der Waals surface area contributed by atoms with Crippen molar-refractivity contribution in [1.82, 2.24) is 4.90 Å². The van der Waals surface area contributed by atoms with Gasteiger partial charge >= 0.3 is 0 Å². The predicted octanol–water partition coefficient (Wildman–Crippen LogP) is 3.07. The molecule has 90 valence electrons. The van der Waals surface area contributed by atoms with Crippen LogP contribution in [0.25, 0.3) is 0 Å². The Morgan fingerprint density at radius 3 is 2.47 bits per heavy atom. The molecule has 1 atom stereocenters. The third kappa shape index (κ3) is 4.12. The minimum atomic E-state index is 0.711. The van der Waals surface area contributed by atoms with Gasteiger partial charge < -0.3 is 4.74 Å². The maximum absolute atomic E-state index is 5.22. The van der Waals surface area contributed by atoms with Crippen LogP contribution < -0.4 is 0 Å². The lowest BCUT2D eigenvalue weighted by molar-refractivity contribution is 0.0711. The van der Waals surface area contributed by atoms with Gasteiger partial charge in [0, 0.05) is 25.7 Å². The van der Waals surface area contributed by atoms with Crippen LogP contribution >= 0.6 is 0 Å². The largest absolute Gasteiger partial charge is 0.383 e. The SMILES string of the molecule is CCC(C)N(CCOC)C1CCCCC1. The minimum Gasteiger partial charge on any atom is -0.383 e. The van der Waals surface area contributed by atoms with Crippen molar-refractivity contribution in [2.45, 2.75) is 64.5 Å². The summed E-state index contributed by atoms with van der Waals surface area (Å²) in [7, 11) is 1.80. The van der Waals surface area contributed by atoms with E-state index in [-0.39, 0.29) is 0 Å². The highest BCUT2D eigenvalue weighted by molar-refractivity contribution is 4.79. The maximum Gasteiger partial charge on any atom is 0.0589 e. The smallest absolute Gasteiger partial charge is 0.0589 e. The van der Waals surface area contributed by atoms with Crippen LogP contribution in [0.1, 0.15) is 52.4 Å². The van der Waals surface area contributed by atoms with E-state index in [9.17, 15) is 0 Å². The van der Waals surface area contributed by atoms with Crippen molar-refractivity contribution in [3.63, 3.8) is 0 Å². The Bertz CT molecular complexity index is 155. The molecule has 1 rings (SSSR count). The molecule has 0 aromatic heterocycles. The summed E-state index contributed by atoms with van der Waals surface area (Å²) in [5, 5.41) is 0. The molecule has 0 radical (unpaired) electrons. The summed E-state index contributed by atoms with van der Waals surface area (Å²) in [5.41, 5.74) is 0. The van der Waals surface area contributed by atoms with Crippen LogP contribution in [0.15, 0.2) is 0 Å². The van der Waals surface area contributed by atoms with E-state index in [1.54, 1.807) is 7.11 Å². The lowest BCUT2D eigenvalue weighted by atomic mass is 9.93. The fraction of sp³-hybridized carbons (Fsp3) is 1.00. The lowest BCUT2D eigenvalue weighted by Crippen LogP contribution is -2.44. The topological polar surface area (TPSA) is 12.5 Å². The molecule has 0 saturated heterocycles. The molecule has 1 fully saturated rings. The molecule has 1 saturated carbocycles. The molecule has 0 aromatic carbocycles. The first-order valence-electron chi connectivity index (χ1n) is 6.54. The Morgan fingerprint density at radius 1 is 1.27 bits per heavy atom. The highest BCUT2D eigenvalue weighted by Gasteiger charge is 2.23. The van der Waals surface area contributed by atoms with Gasteiger partial charge in [-0.05, 0) is 26.2 Å². The highest BCUT2D eigenvalue weighted by atomic mass is 16.5. The molecule has 15 heavy (non-hydrogen) atoms. The van der Waals surface area contributed by atoms with Crippen LogP contribution in [0.5, 0.6) is 0 Å². The predicted molar refractivity (Wildman–Crippen MR) is 65.2 cm³/mol. The second-order valence-electron chi connectivity index (χ2n) is 4.78. The molecule has 0 aromatic rings. The summed E-state index contributed by atoms with van der Waals surface area (Å²) in [5.74, 6) is 0. The van der Waals surface area contributed by atoms with Gasteiger partial charge in [0.25, 0.3) is 0 Å². The van der Waals surface area contributed by atoms with Crippen molar-refractivity contribution in [2.75, 3.05) is 20.3 Å². The molecule has 0 bridgehead atoms. The van der Waals surface area contributed by atoms with E-state index >= 15 is 0 Å². The van der Waals surface area contributed by atoms with Gasteiger partial charge in [0.15, 0.2) is 0 Å². The second-order valence-corrected chi connectivity index (χ2v) is 4.78. The second kappa shape index (κ2) is 7.24. The zero-order valence-corrected chi connectivity index (χ0v) is 10.7. The number of hydrogen-bond acceptors (Lipinski definition) is 2. The molecule has 2 nitrogen and oxygen atoms in total. The Kier molecular flexibility index (Phi) is 6.26. The van der Waals surface area contributed by atoms with Crippen LogP contribution in [0.2, 0.25) is 0 Å². The third-order valence-electron chi connectivity index (χ3n) is 3.75. The van der Waals surface area contributed by atoms with E-state index in [1.807, 2.05) is 0 Å². The molecule has 0 spiro atoms. The van der Waals surface area contributed by atoms with Gasteiger partial charge in [-0.25, -0.2) is 0 Å². The van der Waals surface area contributed by atoms with Crippen molar-refractivity contribution in [3.05, 3.63) is 0 Å². The number of rotatable bonds is 6. The highest BCUT2D eigenvalue weighted by Crippen LogP contribution is 2.24. The summed E-state index contributed by atoms with van der Waals surface area (Å²) in [4.78, 5) is 2.67. The van der Waals surface area contributed by atoms with E-state index in [4.69, 9.17) is 4.74 Å². The summed E-state index contributed by atoms with van der Waals surface area (Å²) in [6.07, 6.45) is 8.33. The van der Waals surface area contributed by atoms with Crippen molar-refractivity contribution >= 4 is 0 Å². The summed E-state index contributed by atoms with van der Waals surface area (Å²) < 4.78 is 5.22. The van der Waals surface area contributed by atoms with E-state index in [2.05, 4.69) is 18.7 Å². The van der Waals surface area contributed by atoms with E-state index in [1.165, 1.54) is 38.5 Å². The molecule has 2 heteroatoms. The van der Waals surface area contributed by atoms with Gasteiger partial charge in [-0.2, -0.15) is 0 Å². The Balaban J connectivity index is 2.45. The normalized spacial score (nSPS) is 20.8. The van der Waals surface area contributed by atoms with E-state index in [0.717, 1.165) is 19.2 Å². The molecule has 0 N–H and O–H groups in total. The van der Waals surface area contributed by atoms with Crippen molar-refractivity contribution in [1.29, 1.82) is 0 Å². The zero-order chi connectivity index (χ0) is 11.1. The monoisotopic (exact) mass is 213 g/mol. The van der Waals surface area contributed by atoms with Crippen molar-refractivity contribution < 1.29 is 4.74 Å². The van der Waals surface area contributed by atoms with E-state index < -0.39 is 0 Å². The minimum absolute atomic E-state index is 0.711. The Hall–Kier alpha value is -0.0800. The average molecular weight is 213 g/mol. The fourth-order valence-corrected chi connectivity index (χ4v) is 2.61. The maximum atomic E-state index is 5.22. The fourth-order valence-electron chi connectivity index (χ4n) is 2.61. The van der Waals surface area contributed by atoms with Gasteiger partial charge in [-0.3, -0.25) is 4.90 Å². The average Bonchev–Trinajstić information content (AvgIpc) is 2.30. The molecule has 0 aliphatic heterocycles. The Morgan fingerprint density at radius 2 is 1.93 bits per heavy atom. The molecular formula is C13H27NO. The zero-order valence-electron chi connectivity index (χ0n) is 10.7. The first kappa shape index (κ1) is 13.0. The van der Waals surface area contributed by atoms with Crippen LogP contribution in [-0.2, 0) is 4.74 Å². The molecule has 0 heterocycles. The van der Waals surface area contributed by atoms with Gasteiger partial charge in [-0.15, -0.1) is 0 Å². The Labute approximate surface area is 95.0 Å². The quantitative estimate of drug-likeness (QED) is 0.672. The van der Waals surface area contributed by atoms with Crippen LogP contribution in [0, 0.1) is 0 Å². The number of hydrogen-bond donors (Lipinski definition) is 0. The third-order valence-corrected chi connectivity index (χ3v) is 3.75. The number of ether oxygens (including phenoxy) is 1. The summed E-state index contributed by atoms with van der Waals surface area (Å²) >= 11 is 0. The van der Waals surface area contributed by atoms with Gasteiger partial charge in [-0.1, -0.05) is 26.2 Å². The van der Waals surface area contributed by atoms with Gasteiger partial charge in [0.1, 0.15) is 0 Å². The van der Waals surface area contributed by atoms with Crippen LogP contribution in [-0.4, -0.2) is 37.2 Å². The van der Waals surface area contributed by atoms with Gasteiger partial charge in [0.2, 0.25) is 0 Å². The number of methoxy groups -OCH3 is 1. The van der Waals surface area contributed by atoms with Gasteiger partial charge in [0.05, 0.1) is 6.61 Å². The molecular weight excluding hydrogens is 186 g/mol. The number of nitrogens with zero attached hydrogens (tertiary/aromatic N) is 1. The van der Waals surface area contributed by atoms with Crippen molar-refractivity contribution in [3.8, 4) is 0 Å². The summed E-state index contributed by atoms with van der Waals surface area (Å²) in [6.45, 7) is 6.62. The first-order chi connectivity index (χ1) is 7.29. The van der Waals surface area contributed by atoms with E-state index in [0.29, 0.717) is 6.04 Å². The summed E-state index contributed by atoms with van der Waals surface area (Å²) in [6, 6.07) is 1.53. The standard InChI is InChI=1S/C13H27NO/c1-4-12(2)14(10-11-15-3)13-8-6-5-7-9-13/h12-13H,4-11H2,1-3H3. The molecule has 1 aliphatic rings. The van der Waals surface area contributed by atoms with Crippen molar-refractivity contribution in [2.24, 2.45) is 0 Å². The molecule has 1 unspecified atom stereocenters. The lowest BCUT2D eigenvalue weighted by Gasteiger charge is -2.38. The molecule has 1 aliphatic carbocycles. The molecule has 0 amide bonds. The van der Waals surface area contributed by atoms with Crippen LogP contribution in [0.4, 0.5) is 0 Å². The first-order valence-corrected chi connectivity index (χ1v) is 6.54.